The van der Waals surface area contributed by atoms with Gasteiger partial charge in [0, 0.05) is 24.9 Å². The van der Waals surface area contributed by atoms with Crippen molar-refractivity contribution in [3.63, 3.8) is 0 Å². The van der Waals surface area contributed by atoms with Gasteiger partial charge in [0.05, 0.1) is 16.8 Å². The number of nitrogens with zero attached hydrogens (tertiary/aromatic N) is 1. The Morgan fingerprint density at radius 2 is 1.95 bits per heavy atom. The van der Waals surface area contributed by atoms with Crippen LogP contribution in [0, 0.1) is 6.92 Å². The van der Waals surface area contributed by atoms with E-state index < -0.39 is 0 Å². The van der Waals surface area contributed by atoms with Crippen LogP contribution in [0.2, 0.25) is 0 Å². The molecule has 0 aliphatic carbocycles. The second-order valence-electron chi connectivity index (χ2n) is 4.99. The number of fused-ring (bicyclic) bond motifs is 1. The molecule has 0 amide bonds. The van der Waals surface area contributed by atoms with Crippen LogP contribution in [-0.2, 0) is 4.74 Å². The van der Waals surface area contributed by atoms with Gasteiger partial charge < -0.3 is 10.1 Å². The number of hydrogen-bond acceptors (Lipinski definition) is 4. The van der Waals surface area contributed by atoms with Crippen molar-refractivity contribution in [2.75, 3.05) is 25.6 Å². The van der Waals surface area contributed by atoms with E-state index in [1.807, 2.05) is 0 Å². The third-order valence-corrected chi connectivity index (χ3v) is 4.38. The molecule has 0 saturated heterocycles. The smallest absolute Gasteiger partial charge is 0.124 e. The van der Waals surface area contributed by atoms with E-state index in [9.17, 15) is 0 Å². The van der Waals surface area contributed by atoms with Crippen LogP contribution in [0.1, 0.15) is 5.56 Å². The van der Waals surface area contributed by atoms with Gasteiger partial charge >= 0.3 is 0 Å². The fourth-order valence-electron chi connectivity index (χ4n) is 2.18. The van der Waals surface area contributed by atoms with Crippen LogP contribution in [0.3, 0.4) is 0 Å². The van der Waals surface area contributed by atoms with Crippen LogP contribution in [0.4, 0.5) is 5.69 Å². The molecule has 0 radical (unpaired) electrons. The standard InChI is InChI=1S/C17H18N2OS/c1-12-3-8-15-16(11-12)21-17(19-15)13-4-6-14(7-5-13)18-9-10-20-2/h3-8,11,18H,9-10H2,1-2H3. The summed E-state index contributed by atoms with van der Waals surface area (Å²) in [4.78, 5) is 4.71. The Bertz CT molecular complexity index is 734. The number of aromatic nitrogens is 1. The summed E-state index contributed by atoms with van der Waals surface area (Å²) in [5.74, 6) is 0. The van der Waals surface area contributed by atoms with Gasteiger partial charge in [0.15, 0.2) is 0 Å². The van der Waals surface area contributed by atoms with Crippen LogP contribution in [0.25, 0.3) is 20.8 Å². The lowest BCUT2D eigenvalue weighted by Crippen LogP contribution is -2.07. The minimum Gasteiger partial charge on any atom is -0.383 e. The number of rotatable bonds is 5. The average Bonchev–Trinajstić information content (AvgIpc) is 2.91. The first-order valence-electron chi connectivity index (χ1n) is 6.97. The predicted molar refractivity (Wildman–Crippen MR) is 90.2 cm³/mol. The van der Waals surface area contributed by atoms with Crippen molar-refractivity contribution in [3.05, 3.63) is 48.0 Å². The van der Waals surface area contributed by atoms with Crippen LogP contribution >= 0.6 is 11.3 Å². The third kappa shape index (κ3) is 3.23. The molecule has 3 aromatic rings. The molecule has 0 aliphatic rings. The molecule has 0 unspecified atom stereocenters. The molecule has 1 aromatic heterocycles. The topological polar surface area (TPSA) is 34.1 Å². The maximum atomic E-state index is 5.03. The molecule has 0 fully saturated rings. The summed E-state index contributed by atoms with van der Waals surface area (Å²) in [5.41, 5.74) is 4.61. The maximum Gasteiger partial charge on any atom is 0.124 e. The second kappa shape index (κ2) is 6.24. The lowest BCUT2D eigenvalue weighted by atomic mass is 10.2. The molecular formula is C17H18N2OS. The number of anilines is 1. The van der Waals surface area contributed by atoms with Gasteiger partial charge in [-0.15, -0.1) is 11.3 Å². The lowest BCUT2D eigenvalue weighted by Gasteiger charge is -2.05. The predicted octanol–water partition coefficient (Wildman–Crippen LogP) is 4.33. The summed E-state index contributed by atoms with van der Waals surface area (Å²) in [6, 6.07) is 14.8. The van der Waals surface area contributed by atoms with E-state index in [1.54, 1.807) is 18.4 Å². The van der Waals surface area contributed by atoms with Crippen LogP contribution in [0.15, 0.2) is 42.5 Å². The minimum atomic E-state index is 0.707. The quantitative estimate of drug-likeness (QED) is 0.712. The van der Waals surface area contributed by atoms with Crippen LogP contribution in [-0.4, -0.2) is 25.2 Å². The summed E-state index contributed by atoms with van der Waals surface area (Å²) in [6.07, 6.45) is 0. The summed E-state index contributed by atoms with van der Waals surface area (Å²) in [7, 11) is 1.71. The Kier molecular flexibility index (Phi) is 4.18. The van der Waals surface area contributed by atoms with Crippen molar-refractivity contribution in [2.24, 2.45) is 0 Å². The fourth-order valence-corrected chi connectivity index (χ4v) is 3.25. The van der Waals surface area contributed by atoms with Gasteiger partial charge in [-0.3, -0.25) is 0 Å². The van der Waals surface area contributed by atoms with Gasteiger partial charge in [-0.05, 0) is 48.9 Å². The molecule has 1 N–H and O–H groups in total. The Hall–Kier alpha value is -1.91. The molecule has 3 rings (SSSR count). The zero-order chi connectivity index (χ0) is 14.7. The summed E-state index contributed by atoms with van der Waals surface area (Å²) >= 11 is 1.74. The number of aryl methyl sites for hydroxylation is 1. The SMILES string of the molecule is COCCNc1ccc(-c2nc3ccc(C)cc3s2)cc1. The van der Waals surface area contributed by atoms with E-state index in [2.05, 4.69) is 54.7 Å². The van der Waals surface area contributed by atoms with Crippen molar-refractivity contribution in [2.45, 2.75) is 6.92 Å². The molecule has 0 atom stereocenters. The first-order chi connectivity index (χ1) is 10.3. The molecule has 0 saturated carbocycles. The number of nitrogens with one attached hydrogen (secondary N) is 1. The van der Waals surface area contributed by atoms with Gasteiger partial charge in [0.25, 0.3) is 0 Å². The molecule has 0 aliphatic heterocycles. The average molecular weight is 298 g/mol. The Labute approximate surface area is 128 Å². The van der Waals surface area contributed by atoms with Crippen molar-refractivity contribution < 1.29 is 4.74 Å². The highest BCUT2D eigenvalue weighted by Crippen LogP contribution is 2.31. The van der Waals surface area contributed by atoms with Gasteiger partial charge in [-0.2, -0.15) is 0 Å². The Morgan fingerprint density at radius 1 is 1.14 bits per heavy atom. The Balaban J connectivity index is 1.81. The van der Waals surface area contributed by atoms with Gasteiger partial charge in [-0.25, -0.2) is 4.98 Å². The van der Waals surface area contributed by atoms with E-state index in [0.717, 1.165) is 28.3 Å². The highest BCUT2D eigenvalue weighted by molar-refractivity contribution is 7.21. The first kappa shape index (κ1) is 14.0. The van der Waals surface area contributed by atoms with Crippen LogP contribution < -0.4 is 5.32 Å². The van der Waals surface area contributed by atoms with E-state index in [-0.39, 0.29) is 0 Å². The van der Waals surface area contributed by atoms with Crippen LogP contribution in [0.5, 0.6) is 0 Å². The molecule has 2 aromatic carbocycles. The molecule has 3 nitrogen and oxygen atoms in total. The second-order valence-corrected chi connectivity index (χ2v) is 6.02. The number of hydrogen-bond donors (Lipinski definition) is 1. The summed E-state index contributed by atoms with van der Waals surface area (Å²) in [6.45, 7) is 3.63. The summed E-state index contributed by atoms with van der Waals surface area (Å²) in [5, 5.41) is 4.38. The Morgan fingerprint density at radius 3 is 2.71 bits per heavy atom. The minimum absolute atomic E-state index is 0.707. The molecule has 0 spiro atoms. The highest BCUT2D eigenvalue weighted by atomic mass is 32.1. The maximum absolute atomic E-state index is 5.03. The largest absolute Gasteiger partial charge is 0.383 e. The molecule has 21 heavy (non-hydrogen) atoms. The molecule has 108 valence electrons. The normalized spacial score (nSPS) is 11.0. The number of ether oxygens (including phenoxy) is 1. The van der Waals surface area contributed by atoms with E-state index >= 15 is 0 Å². The first-order valence-corrected chi connectivity index (χ1v) is 7.78. The monoisotopic (exact) mass is 298 g/mol. The number of benzene rings is 2. The fraction of sp³-hybridized carbons (Fsp3) is 0.235. The third-order valence-electron chi connectivity index (χ3n) is 3.31. The van der Waals surface area contributed by atoms with Gasteiger partial charge in [0.2, 0.25) is 0 Å². The summed E-state index contributed by atoms with van der Waals surface area (Å²) < 4.78 is 6.27. The van der Waals surface area contributed by atoms with Gasteiger partial charge in [-0.1, -0.05) is 6.07 Å². The number of thiazole rings is 1. The lowest BCUT2D eigenvalue weighted by molar-refractivity contribution is 0.211. The zero-order valence-corrected chi connectivity index (χ0v) is 13.0. The van der Waals surface area contributed by atoms with Crippen molar-refractivity contribution in [3.8, 4) is 10.6 Å². The van der Waals surface area contributed by atoms with Crippen molar-refractivity contribution in [1.29, 1.82) is 0 Å². The van der Waals surface area contributed by atoms with Crippen molar-refractivity contribution >= 4 is 27.2 Å². The molecule has 4 heteroatoms. The molecule has 0 bridgehead atoms. The number of methoxy groups -OCH3 is 1. The molecule has 1 heterocycles. The van der Waals surface area contributed by atoms with Crippen molar-refractivity contribution in [1.82, 2.24) is 4.98 Å². The van der Waals surface area contributed by atoms with Gasteiger partial charge in [0.1, 0.15) is 5.01 Å². The van der Waals surface area contributed by atoms with E-state index in [1.165, 1.54) is 10.3 Å². The highest BCUT2D eigenvalue weighted by Gasteiger charge is 2.06. The van der Waals surface area contributed by atoms with E-state index in [0.29, 0.717) is 6.61 Å². The molecular weight excluding hydrogens is 280 g/mol. The zero-order valence-electron chi connectivity index (χ0n) is 12.2. The van der Waals surface area contributed by atoms with E-state index in [4.69, 9.17) is 9.72 Å².